The van der Waals surface area contributed by atoms with Gasteiger partial charge in [-0.15, -0.1) is 0 Å². The SMILES string of the molecule is Cc1ccncc1C(=O)NCCC1CN(C2CCOCC2)CCO1. The molecule has 1 N–H and O–H groups in total. The van der Waals surface area contributed by atoms with E-state index in [0.717, 1.165) is 57.7 Å². The van der Waals surface area contributed by atoms with Crippen molar-refractivity contribution in [3.8, 4) is 0 Å². The number of morpholine rings is 1. The lowest BCUT2D eigenvalue weighted by Crippen LogP contribution is -2.50. The van der Waals surface area contributed by atoms with Crippen LogP contribution in [0, 0.1) is 6.92 Å². The van der Waals surface area contributed by atoms with Crippen molar-refractivity contribution in [1.82, 2.24) is 15.2 Å². The average molecular weight is 333 g/mol. The van der Waals surface area contributed by atoms with E-state index in [1.54, 1.807) is 12.4 Å². The number of rotatable bonds is 5. The summed E-state index contributed by atoms with van der Waals surface area (Å²) >= 11 is 0. The first-order valence-corrected chi connectivity index (χ1v) is 8.86. The zero-order valence-corrected chi connectivity index (χ0v) is 14.4. The molecule has 0 radical (unpaired) electrons. The first-order chi connectivity index (χ1) is 11.7. The molecule has 0 spiro atoms. The van der Waals surface area contributed by atoms with Crippen LogP contribution in [-0.4, -0.2) is 67.4 Å². The van der Waals surface area contributed by atoms with Crippen LogP contribution >= 0.6 is 0 Å². The molecule has 0 bridgehead atoms. The van der Waals surface area contributed by atoms with Gasteiger partial charge < -0.3 is 14.8 Å². The van der Waals surface area contributed by atoms with E-state index in [0.29, 0.717) is 18.2 Å². The molecule has 0 aromatic carbocycles. The summed E-state index contributed by atoms with van der Waals surface area (Å²) < 4.78 is 11.3. The number of carbonyl (C=O) groups is 1. The van der Waals surface area contributed by atoms with Crippen molar-refractivity contribution in [2.75, 3.05) is 39.5 Å². The van der Waals surface area contributed by atoms with Gasteiger partial charge >= 0.3 is 0 Å². The zero-order chi connectivity index (χ0) is 16.8. The minimum absolute atomic E-state index is 0.0577. The van der Waals surface area contributed by atoms with Gasteiger partial charge in [-0.2, -0.15) is 0 Å². The molecule has 1 amide bonds. The summed E-state index contributed by atoms with van der Waals surface area (Å²) in [5, 5.41) is 2.98. The summed E-state index contributed by atoms with van der Waals surface area (Å²) in [7, 11) is 0. The minimum Gasteiger partial charge on any atom is -0.381 e. The number of aromatic nitrogens is 1. The molecular weight excluding hydrogens is 306 g/mol. The van der Waals surface area contributed by atoms with Gasteiger partial charge in [-0.1, -0.05) is 0 Å². The summed E-state index contributed by atoms with van der Waals surface area (Å²) in [5.41, 5.74) is 1.59. The molecule has 2 saturated heterocycles. The van der Waals surface area contributed by atoms with Gasteiger partial charge in [0, 0.05) is 51.3 Å². The standard InChI is InChI=1S/C18H27N3O3/c1-14-2-6-19-12-17(14)18(22)20-7-3-16-13-21(8-11-24-16)15-4-9-23-10-5-15/h2,6,12,15-16H,3-5,7-11,13H2,1H3,(H,20,22). The van der Waals surface area contributed by atoms with Crippen LogP contribution < -0.4 is 5.32 Å². The van der Waals surface area contributed by atoms with Crippen molar-refractivity contribution >= 4 is 5.91 Å². The van der Waals surface area contributed by atoms with E-state index in [1.807, 2.05) is 13.0 Å². The lowest BCUT2D eigenvalue weighted by Gasteiger charge is -2.39. The van der Waals surface area contributed by atoms with Crippen molar-refractivity contribution in [2.24, 2.45) is 0 Å². The molecule has 24 heavy (non-hydrogen) atoms. The highest BCUT2D eigenvalue weighted by atomic mass is 16.5. The van der Waals surface area contributed by atoms with Gasteiger partial charge in [0.2, 0.25) is 0 Å². The van der Waals surface area contributed by atoms with Gasteiger partial charge in [-0.05, 0) is 37.8 Å². The van der Waals surface area contributed by atoms with E-state index in [1.165, 1.54) is 0 Å². The third kappa shape index (κ3) is 4.53. The number of hydrogen-bond acceptors (Lipinski definition) is 5. The Kier molecular flexibility index (Phi) is 6.18. The maximum atomic E-state index is 12.2. The second-order valence-corrected chi connectivity index (χ2v) is 6.57. The molecule has 6 heteroatoms. The number of aryl methyl sites for hydroxylation is 1. The third-order valence-corrected chi connectivity index (χ3v) is 4.91. The smallest absolute Gasteiger partial charge is 0.253 e. The maximum absolute atomic E-state index is 12.2. The minimum atomic E-state index is -0.0577. The van der Waals surface area contributed by atoms with E-state index >= 15 is 0 Å². The number of amides is 1. The highest BCUT2D eigenvalue weighted by molar-refractivity contribution is 5.95. The molecule has 0 saturated carbocycles. The van der Waals surface area contributed by atoms with Crippen LogP contribution in [-0.2, 0) is 9.47 Å². The summed E-state index contributed by atoms with van der Waals surface area (Å²) in [6, 6.07) is 2.48. The Hall–Kier alpha value is -1.50. The molecule has 3 rings (SSSR count). The molecular formula is C18H27N3O3. The van der Waals surface area contributed by atoms with Crippen LogP contribution in [0.4, 0.5) is 0 Å². The van der Waals surface area contributed by atoms with Crippen LogP contribution in [0.15, 0.2) is 18.5 Å². The Morgan fingerprint density at radius 1 is 1.38 bits per heavy atom. The molecule has 2 aliphatic rings. The fourth-order valence-corrected chi connectivity index (χ4v) is 3.44. The van der Waals surface area contributed by atoms with E-state index in [-0.39, 0.29) is 12.0 Å². The van der Waals surface area contributed by atoms with Gasteiger partial charge in [-0.25, -0.2) is 0 Å². The zero-order valence-electron chi connectivity index (χ0n) is 14.4. The van der Waals surface area contributed by atoms with Gasteiger partial charge in [0.25, 0.3) is 5.91 Å². The first kappa shape index (κ1) is 17.3. The molecule has 2 fully saturated rings. The molecule has 6 nitrogen and oxygen atoms in total. The topological polar surface area (TPSA) is 63.7 Å². The summed E-state index contributed by atoms with van der Waals surface area (Å²) in [6.45, 7) is 7.01. The fraction of sp³-hybridized carbons (Fsp3) is 0.667. The summed E-state index contributed by atoms with van der Waals surface area (Å²) in [5.74, 6) is -0.0577. The van der Waals surface area contributed by atoms with Crippen LogP contribution in [0.25, 0.3) is 0 Å². The molecule has 1 atom stereocenters. The molecule has 3 heterocycles. The second kappa shape index (κ2) is 8.55. The molecule has 1 aromatic heterocycles. The van der Waals surface area contributed by atoms with E-state index in [2.05, 4.69) is 15.2 Å². The van der Waals surface area contributed by atoms with E-state index < -0.39 is 0 Å². The fourth-order valence-electron chi connectivity index (χ4n) is 3.44. The lowest BCUT2D eigenvalue weighted by molar-refractivity contribution is -0.0636. The molecule has 0 aliphatic carbocycles. The number of nitrogens with one attached hydrogen (secondary N) is 1. The van der Waals surface area contributed by atoms with Crippen LogP contribution in [0.2, 0.25) is 0 Å². The number of pyridine rings is 1. The summed E-state index contributed by atoms with van der Waals surface area (Å²) in [6.07, 6.45) is 6.58. The van der Waals surface area contributed by atoms with Gasteiger partial charge in [0.05, 0.1) is 18.3 Å². The first-order valence-electron chi connectivity index (χ1n) is 8.86. The van der Waals surface area contributed by atoms with Crippen molar-refractivity contribution < 1.29 is 14.3 Å². The number of hydrogen-bond donors (Lipinski definition) is 1. The third-order valence-electron chi connectivity index (χ3n) is 4.91. The van der Waals surface area contributed by atoms with Gasteiger partial charge in [0.15, 0.2) is 0 Å². The Labute approximate surface area is 143 Å². The van der Waals surface area contributed by atoms with Crippen molar-refractivity contribution in [2.45, 2.75) is 38.3 Å². The maximum Gasteiger partial charge on any atom is 0.253 e. The Morgan fingerprint density at radius 3 is 3.00 bits per heavy atom. The predicted octanol–water partition coefficient (Wildman–Crippen LogP) is 1.39. The normalized spacial score (nSPS) is 23.1. The number of ether oxygens (including phenoxy) is 2. The Morgan fingerprint density at radius 2 is 2.21 bits per heavy atom. The van der Waals surface area contributed by atoms with E-state index in [9.17, 15) is 4.79 Å². The predicted molar refractivity (Wildman–Crippen MR) is 91.1 cm³/mol. The average Bonchev–Trinajstić information content (AvgIpc) is 2.63. The van der Waals surface area contributed by atoms with Gasteiger partial charge in [0.1, 0.15) is 0 Å². The van der Waals surface area contributed by atoms with Crippen molar-refractivity contribution in [3.05, 3.63) is 29.6 Å². The summed E-state index contributed by atoms with van der Waals surface area (Å²) in [4.78, 5) is 18.8. The van der Waals surface area contributed by atoms with Gasteiger partial charge in [-0.3, -0.25) is 14.7 Å². The monoisotopic (exact) mass is 333 g/mol. The lowest BCUT2D eigenvalue weighted by atomic mass is 10.0. The highest BCUT2D eigenvalue weighted by Crippen LogP contribution is 2.18. The molecule has 2 aliphatic heterocycles. The molecule has 1 unspecified atom stereocenters. The second-order valence-electron chi connectivity index (χ2n) is 6.57. The Bertz CT molecular complexity index is 546. The largest absolute Gasteiger partial charge is 0.381 e. The quantitative estimate of drug-likeness (QED) is 0.882. The number of nitrogens with zero attached hydrogens (tertiary/aromatic N) is 2. The van der Waals surface area contributed by atoms with E-state index in [4.69, 9.17) is 9.47 Å². The van der Waals surface area contributed by atoms with Crippen LogP contribution in [0.5, 0.6) is 0 Å². The molecule has 132 valence electrons. The van der Waals surface area contributed by atoms with Crippen LogP contribution in [0.1, 0.15) is 35.2 Å². The Balaban J connectivity index is 1.43. The molecule has 1 aromatic rings. The van der Waals surface area contributed by atoms with Crippen molar-refractivity contribution in [3.63, 3.8) is 0 Å². The number of carbonyl (C=O) groups excluding carboxylic acids is 1. The van der Waals surface area contributed by atoms with Crippen LogP contribution in [0.3, 0.4) is 0 Å². The van der Waals surface area contributed by atoms with Crippen molar-refractivity contribution in [1.29, 1.82) is 0 Å². The highest BCUT2D eigenvalue weighted by Gasteiger charge is 2.27.